The number of benzene rings is 2. The Morgan fingerprint density at radius 1 is 1.16 bits per heavy atom. The van der Waals surface area contributed by atoms with E-state index in [1.54, 1.807) is 28.9 Å². The number of nitrogens with zero attached hydrogens (tertiary/aromatic N) is 5. The molecular weight excluding hydrogens is 600 g/mol. The largest absolute Gasteiger partial charge is 0.355 e. The van der Waals surface area contributed by atoms with Crippen LogP contribution in [0.5, 0.6) is 0 Å². The van der Waals surface area contributed by atoms with Crippen LogP contribution in [0.15, 0.2) is 64.8 Å². The van der Waals surface area contributed by atoms with E-state index in [1.165, 1.54) is 18.2 Å². The van der Waals surface area contributed by atoms with Gasteiger partial charge in [0.05, 0.1) is 21.0 Å². The molecule has 1 atom stereocenters. The molecule has 3 heterocycles. The second-order valence-corrected chi connectivity index (χ2v) is 12.7. The monoisotopic (exact) mass is 627 g/mol. The van der Waals surface area contributed by atoms with Gasteiger partial charge in [-0.25, -0.2) is 31.5 Å². The van der Waals surface area contributed by atoms with E-state index in [9.17, 15) is 22.4 Å². The summed E-state index contributed by atoms with van der Waals surface area (Å²) < 4.78 is 57.0. The number of hydrogen-bond acceptors (Lipinski definition) is 7. The number of sulfone groups is 1. The number of halogens is 3. The second-order valence-electron chi connectivity index (χ2n) is 10.3. The minimum atomic E-state index is -3.85. The number of amides is 1. The van der Waals surface area contributed by atoms with Crippen molar-refractivity contribution in [2.24, 2.45) is 0 Å². The number of para-hydroxylation sites is 1. The van der Waals surface area contributed by atoms with Gasteiger partial charge in [-0.15, -0.1) is 0 Å². The van der Waals surface area contributed by atoms with E-state index in [2.05, 4.69) is 16.5 Å². The average molecular weight is 628 g/mol. The third-order valence-corrected chi connectivity index (χ3v) is 8.92. The molecule has 0 bridgehead atoms. The predicted molar refractivity (Wildman–Crippen MR) is 162 cm³/mol. The van der Waals surface area contributed by atoms with Crippen molar-refractivity contribution in [1.29, 1.82) is 0 Å². The standard InChI is InChI=1S/C30H28ClF2N5O4S/c1-5-18-8-7-9-24(43(4,41)42)27(18)38-29-21(15-23(33)26(34-29)20-14-19(32)10-11-22(20)31)28(35-30(38)40)37-13-12-36(16-17(37)3)25(39)6-2/h6-11,14-15,17H,2,5,12-13,16H2,1,3-4H3/t17-/m0/s1. The molecule has 0 radical (unpaired) electrons. The van der Waals surface area contributed by atoms with Crippen LogP contribution in [0, 0.1) is 11.6 Å². The van der Waals surface area contributed by atoms with Gasteiger partial charge in [-0.05, 0) is 55.3 Å². The van der Waals surface area contributed by atoms with Gasteiger partial charge in [-0.3, -0.25) is 4.79 Å². The highest BCUT2D eigenvalue weighted by molar-refractivity contribution is 7.90. The van der Waals surface area contributed by atoms with E-state index >= 15 is 4.39 Å². The van der Waals surface area contributed by atoms with E-state index in [0.717, 1.165) is 29.0 Å². The van der Waals surface area contributed by atoms with Crippen LogP contribution in [0.1, 0.15) is 19.4 Å². The lowest BCUT2D eigenvalue weighted by Gasteiger charge is -2.40. The summed E-state index contributed by atoms with van der Waals surface area (Å²) in [6.45, 7) is 8.03. The zero-order valence-electron chi connectivity index (χ0n) is 23.6. The molecule has 0 saturated carbocycles. The fourth-order valence-electron chi connectivity index (χ4n) is 5.40. The molecular formula is C30H28ClF2N5O4S. The molecule has 5 rings (SSSR count). The Labute approximate surface area is 252 Å². The normalized spacial score (nSPS) is 15.6. The lowest BCUT2D eigenvalue weighted by atomic mass is 10.1. The first-order valence-corrected chi connectivity index (χ1v) is 15.7. The third-order valence-electron chi connectivity index (χ3n) is 7.46. The van der Waals surface area contributed by atoms with Gasteiger partial charge in [0.1, 0.15) is 23.1 Å². The van der Waals surface area contributed by atoms with Crippen LogP contribution in [0.2, 0.25) is 5.02 Å². The van der Waals surface area contributed by atoms with E-state index in [1.807, 2.05) is 6.92 Å². The van der Waals surface area contributed by atoms with Crippen molar-refractivity contribution in [1.82, 2.24) is 19.4 Å². The van der Waals surface area contributed by atoms with Gasteiger partial charge in [0.25, 0.3) is 0 Å². The van der Waals surface area contributed by atoms with Crippen LogP contribution in [-0.4, -0.2) is 65.7 Å². The van der Waals surface area contributed by atoms with Crippen LogP contribution in [-0.2, 0) is 21.1 Å². The molecule has 9 nitrogen and oxygen atoms in total. The fraction of sp³-hybridized carbons (Fsp3) is 0.267. The highest BCUT2D eigenvalue weighted by Gasteiger charge is 2.31. The number of carbonyl (C=O) groups is 1. The van der Waals surface area contributed by atoms with Gasteiger partial charge in [-0.1, -0.05) is 37.2 Å². The SMILES string of the molecule is C=CC(=O)N1CCN(c2nc(=O)n(-c3c(CC)cccc3S(C)(=O)=O)c3nc(-c4cc(F)ccc4Cl)c(F)cc23)[C@@H](C)C1. The first-order chi connectivity index (χ1) is 20.3. The summed E-state index contributed by atoms with van der Waals surface area (Å²) in [6.07, 6.45) is 2.60. The number of aryl methyl sites for hydroxylation is 1. The number of hydrogen-bond donors (Lipinski definition) is 0. The fourth-order valence-corrected chi connectivity index (χ4v) is 6.51. The van der Waals surface area contributed by atoms with Crippen molar-refractivity contribution >= 4 is 44.2 Å². The van der Waals surface area contributed by atoms with Crippen molar-refractivity contribution in [3.8, 4) is 16.9 Å². The number of anilines is 1. The number of piperazine rings is 1. The first-order valence-electron chi connectivity index (χ1n) is 13.4. The van der Waals surface area contributed by atoms with E-state index in [0.29, 0.717) is 25.1 Å². The van der Waals surface area contributed by atoms with Crippen molar-refractivity contribution < 1.29 is 22.0 Å². The zero-order chi connectivity index (χ0) is 31.2. The molecule has 1 aliphatic rings. The molecule has 0 spiro atoms. The maximum Gasteiger partial charge on any atom is 0.355 e. The lowest BCUT2D eigenvalue weighted by molar-refractivity contribution is -0.126. The van der Waals surface area contributed by atoms with Crippen molar-refractivity contribution in [3.63, 3.8) is 0 Å². The second kappa shape index (κ2) is 11.5. The summed E-state index contributed by atoms with van der Waals surface area (Å²) in [5, 5.41) is 0.145. The van der Waals surface area contributed by atoms with Gasteiger partial charge in [-0.2, -0.15) is 4.98 Å². The van der Waals surface area contributed by atoms with Gasteiger partial charge in [0.15, 0.2) is 15.5 Å². The van der Waals surface area contributed by atoms with Crippen molar-refractivity contribution in [2.75, 3.05) is 30.8 Å². The molecule has 1 fully saturated rings. The summed E-state index contributed by atoms with van der Waals surface area (Å²) >= 11 is 6.32. The smallest absolute Gasteiger partial charge is 0.350 e. The molecule has 0 unspecified atom stereocenters. The Bertz CT molecular complexity index is 1960. The number of fused-ring (bicyclic) bond motifs is 1. The van der Waals surface area contributed by atoms with Crippen molar-refractivity contribution in [3.05, 3.63) is 87.8 Å². The Kier molecular flexibility index (Phi) is 8.10. The van der Waals surface area contributed by atoms with Crippen LogP contribution in [0.3, 0.4) is 0 Å². The Hall–Kier alpha value is -4.16. The number of pyridine rings is 1. The van der Waals surface area contributed by atoms with Crippen molar-refractivity contribution in [2.45, 2.75) is 31.2 Å². The summed E-state index contributed by atoms with van der Waals surface area (Å²) in [5.74, 6) is -1.65. The van der Waals surface area contributed by atoms with Gasteiger partial charge >= 0.3 is 5.69 Å². The van der Waals surface area contributed by atoms with Gasteiger partial charge in [0, 0.05) is 37.5 Å². The van der Waals surface area contributed by atoms with E-state index in [-0.39, 0.29) is 62.2 Å². The highest BCUT2D eigenvalue weighted by Crippen LogP contribution is 2.35. The summed E-state index contributed by atoms with van der Waals surface area (Å²) in [7, 11) is -3.85. The minimum Gasteiger partial charge on any atom is -0.350 e. The highest BCUT2D eigenvalue weighted by atomic mass is 35.5. The predicted octanol–water partition coefficient (Wildman–Crippen LogP) is 4.57. The van der Waals surface area contributed by atoms with E-state index < -0.39 is 27.2 Å². The average Bonchev–Trinajstić information content (AvgIpc) is 2.97. The maximum absolute atomic E-state index is 15.9. The molecule has 2 aromatic carbocycles. The third kappa shape index (κ3) is 5.52. The lowest BCUT2D eigenvalue weighted by Crippen LogP contribution is -2.54. The molecule has 13 heteroatoms. The number of aromatic nitrogens is 3. The molecule has 224 valence electrons. The Morgan fingerprint density at radius 2 is 1.91 bits per heavy atom. The van der Waals surface area contributed by atoms with Gasteiger partial charge in [0.2, 0.25) is 5.91 Å². The van der Waals surface area contributed by atoms with E-state index in [4.69, 9.17) is 11.6 Å². The minimum absolute atomic E-state index is 0.0257. The summed E-state index contributed by atoms with van der Waals surface area (Å²) in [6, 6.07) is 8.86. The molecule has 1 saturated heterocycles. The Balaban J connectivity index is 1.87. The number of carbonyl (C=O) groups excluding carboxylic acids is 1. The quantitative estimate of drug-likeness (QED) is 0.289. The summed E-state index contributed by atoms with van der Waals surface area (Å²) in [5.41, 5.74) is -0.745. The first kappa shape index (κ1) is 30.3. The van der Waals surface area contributed by atoms with Crippen LogP contribution in [0.4, 0.5) is 14.6 Å². The summed E-state index contributed by atoms with van der Waals surface area (Å²) in [4.78, 5) is 38.3. The maximum atomic E-state index is 15.9. The molecule has 1 aliphatic heterocycles. The molecule has 0 N–H and O–H groups in total. The molecule has 0 aliphatic carbocycles. The molecule has 1 amide bonds. The Morgan fingerprint density at radius 3 is 2.56 bits per heavy atom. The topological polar surface area (TPSA) is 105 Å². The molecule has 2 aromatic heterocycles. The molecule has 43 heavy (non-hydrogen) atoms. The molecule has 4 aromatic rings. The zero-order valence-corrected chi connectivity index (χ0v) is 25.2. The van der Waals surface area contributed by atoms with Crippen LogP contribution >= 0.6 is 11.6 Å². The van der Waals surface area contributed by atoms with Gasteiger partial charge < -0.3 is 9.80 Å². The number of rotatable bonds is 6. The van der Waals surface area contributed by atoms with Crippen LogP contribution < -0.4 is 10.6 Å². The van der Waals surface area contributed by atoms with Crippen LogP contribution in [0.25, 0.3) is 28.0 Å².